The van der Waals surface area contributed by atoms with Crippen LogP contribution in [0.5, 0.6) is 23.0 Å². The van der Waals surface area contributed by atoms with Crippen molar-refractivity contribution < 1.29 is 28.9 Å². The Kier molecular flexibility index (Phi) is 7.51. The number of benzene rings is 3. The summed E-state index contributed by atoms with van der Waals surface area (Å²) in [5.41, 5.74) is 4.52. The molecule has 0 unspecified atom stereocenters. The molecule has 0 radical (unpaired) electrons. The van der Waals surface area contributed by atoms with E-state index >= 15 is 0 Å². The molecule has 0 saturated heterocycles. The normalized spacial score (nSPS) is 18.6. The van der Waals surface area contributed by atoms with Crippen LogP contribution < -0.4 is 24.8 Å². The maximum absolute atomic E-state index is 13.9. The molecule has 8 heteroatoms. The van der Waals surface area contributed by atoms with Crippen molar-refractivity contribution in [2.24, 2.45) is 0 Å². The van der Waals surface area contributed by atoms with Gasteiger partial charge in [0.1, 0.15) is 11.5 Å². The van der Waals surface area contributed by atoms with Crippen molar-refractivity contribution in [3.05, 3.63) is 100 Å². The average molecular weight is 541 g/mol. The third-order valence-corrected chi connectivity index (χ3v) is 7.51. The zero-order valence-electron chi connectivity index (χ0n) is 22.9. The Labute approximate surface area is 233 Å². The van der Waals surface area contributed by atoms with E-state index in [-0.39, 0.29) is 29.8 Å². The van der Waals surface area contributed by atoms with Crippen molar-refractivity contribution in [2.75, 3.05) is 26.6 Å². The number of ether oxygens (including phenoxy) is 3. The lowest BCUT2D eigenvalue weighted by molar-refractivity contribution is -0.116. The lowest BCUT2D eigenvalue weighted by Gasteiger charge is -2.37. The van der Waals surface area contributed by atoms with Gasteiger partial charge in [0.2, 0.25) is 0 Å². The van der Waals surface area contributed by atoms with Gasteiger partial charge in [-0.15, -0.1) is 0 Å². The van der Waals surface area contributed by atoms with Gasteiger partial charge in [0.15, 0.2) is 17.3 Å². The number of hydrogen-bond donors (Lipinski definition) is 3. The van der Waals surface area contributed by atoms with Gasteiger partial charge in [-0.3, -0.25) is 9.59 Å². The lowest BCUT2D eigenvalue weighted by atomic mass is 9.71. The van der Waals surface area contributed by atoms with Crippen molar-refractivity contribution in [1.29, 1.82) is 0 Å². The molecule has 1 aliphatic carbocycles. The number of dihydropyridines is 1. The molecule has 3 aromatic carbocycles. The van der Waals surface area contributed by atoms with E-state index in [9.17, 15) is 14.7 Å². The maximum atomic E-state index is 13.9. The van der Waals surface area contributed by atoms with E-state index in [2.05, 4.69) is 10.6 Å². The first-order valence-corrected chi connectivity index (χ1v) is 13.0. The SMILES string of the molecule is COc1ccccc1NC(=O)C1=C(C)NC2=C(C(=O)C[C@@H](c3ccc(OC)c(OC)c3)C2)[C@H]1c1cccc(O)c1. The highest BCUT2D eigenvalue weighted by atomic mass is 16.5. The second-order valence-corrected chi connectivity index (χ2v) is 9.88. The van der Waals surface area contributed by atoms with Crippen molar-refractivity contribution in [1.82, 2.24) is 5.32 Å². The Morgan fingerprint density at radius 2 is 1.62 bits per heavy atom. The highest BCUT2D eigenvalue weighted by Crippen LogP contribution is 2.47. The number of anilines is 1. The topological polar surface area (TPSA) is 106 Å². The van der Waals surface area contributed by atoms with Crippen LogP contribution in [0.4, 0.5) is 5.69 Å². The molecule has 2 atom stereocenters. The number of carbonyl (C=O) groups excluding carboxylic acids is 2. The summed E-state index contributed by atoms with van der Waals surface area (Å²) in [5, 5.41) is 16.7. The number of rotatable bonds is 7. The molecule has 0 fully saturated rings. The molecule has 0 saturated carbocycles. The fourth-order valence-corrected chi connectivity index (χ4v) is 5.66. The van der Waals surface area contributed by atoms with E-state index in [1.54, 1.807) is 51.7 Å². The number of methoxy groups -OCH3 is 3. The number of phenolic OH excluding ortho intramolecular Hbond substituents is 1. The Hall–Kier alpha value is -4.72. The van der Waals surface area contributed by atoms with Crippen molar-refractivity contribution in [3.63, 3.8) is 0 Å². The van der Waals surface area contributed by atoms with Gasteiger partial charge >= 0.3 is 0 Å². The molecule has 3 N–H and O–H groups in total. The number of aromatic hydroxyl groups is 1. The molecular weight excluding hydrogens is 508 g/mol. The first kappa shape index (κ1) is 26.9. The molecular formula is C32H32N2O6. The van der Waals surface area contributed by atoms with E-state index in [0.717, 1.165) is 11.3 Å². The number of allylic oxidation sites excluding steroid dienone is 3. The summed E-state index contributed by atoms with van der Waals surface area (Å²) in [6.07, 6.45) is 0.844. The Morgan fingerprint density at radius 1 is 0.875 bits per heavy atom. The second-order valence-electron chi connectivity index (χ2n) is 9.88. The van der Waals surface area contributed by atoms with Crippen LogP contribution in [0.1, 0.15) is 42.7 Å². The molecule has 8 nitrogen and oxygen atoms in total. The molecule has 40 heavy (non-hydrogen) atoms. The van der Waals surface area contributed by atoms with Gasteiger partial charge in [-0.05, 0) is 66.8 Å². The van der Waals surface area contributed by atoms with Gasteiger partial charge in [0.25, 0.3) is 5.91 Å². The van der Waals surface area contributed by atoms with E-state index in [1.807, 2.05) is 43.3 Å². The molecule has 0 bridgehead atoms. The molecule has 1 aliphatic heterocycles. The van der Waals surface area contributed by atoms with Crippen LogP contribution in [0.25, 0.3) is 0 Å². The minimum absolute atomic E-state index is 0.0584. The third-order valence-electron chi connectivity index (χ3n) is 7.51. The van der Waals surface area contributed by atoms with Crippen LogP contribution in [-0.2, 0) is 9.59 Å². The van der Waals surface area contributed by atoms with Gasteiger partial charge in [-0.2, -0.15) is 0 Å². The van der Waals surface area contributed by atoms with E-state index in [4.69, 9.17) is 14.2 Å². The van der Waals surface area contributed by atoms with E-state index in [1.165, 1.54) is 0 Å². The number of amides is 1. The monoisotopic (exact) mass is 540 g/mol. The summed E-state index contributed by atoms with van der Waals surface area (Å²) in [6, 6.07) is 19.6. The minimum Gasteiger partial charge on any atom is -0.508 e. The number of phenols is 1. The zero-order chi connectivity index (χ0) is 28.4. The first-order chi connectivity index (χ1) is 19.3. The fraction of sp³-hybridized carbons (Fsp3) is 0.250. The highest BCUT2D eigenvalue weighted by molar-refractivity contribution is 6.10. The Bertz CT molecular complexity index is 1540. The van der Waals surface area contributed by atoms with Crippen LogP contribution >= 0.6 is 0 Å². The van der Waals surface area contributed by atoms with Crippen LogP contribution in [0.2, 0.25) is 0 Å². The average Bonchev–Trinajstić information content (AvgIpc) is 2.96. The summed E-state index contributed by atoms with van der Waals surface area (Å²) in [4.78, 5) is 27.7. The number of Topliss-reactive ketones (excluding diaryl/α,β-unsaturated/α-hetero) is 1. The molecule has 0 spiro atoms. The lowest BCUT2D eigenvalue weighted by Crippen LogP contribution is -2.37. The first-order valence-electron chi connectivity index (χ1n) is 13.0. The predicted molar refractivity (Wildman–Crippen MR) is 152 cm³/mol. The van der Waals surface area contributed by atoms with Gasteiger partial charge < -0.3 is 30.0 Å². The van der Waals surface area contributed by atoms with Crippen molar-refractivity contribution in [2.45, 2.75) is 31.6 Å². The number of ketones is 1. The van der Waals surface area contributed by atoms with Crippen LogP contribution in [0.15, 0.2) is 89.3 Å². The summed E-state index contributed by atoms with van der Waals surface area (Å²) in [6.45, 7) is 1.83. The largest absolute Gasteiger partial charge is 0.508 e. The molecule has 2 aliphatic rings. The second kappa shape index (κ2) is 11.2. The third kappa shape index (κ3) is 5.00. The molecule has 0 aromatic heterocycles. The van der Waals surface area contributed by atoms with Gasteiger partial charge in [-0.1, -0.05) is 30.3 Å². The van der Waals surface area contributed by atoms with Gasteiger partial charge in [-0.25, -0.2) is 0 Å². The van der Waals surface area contributed by atoms with Crippen molar-refractivity contribution in [3.8, 4) is 23.0 Å². The summed E-state index contributed by atoms with van der Waals surface area (Å²) in [7, 11) is 4.71. The fourth-order valence-electron chi connectivity index (χ4n) is 5.66. The highest BCUT2D eigenvalue weighted by Gasteiger charge is 2.41. The zero-order valence-corrected chi connectivity index (χ0v) is 22.9. The molecule has 1 amide bonds. The summed E-state index contributed by atoms with van der Waals surface area (Å²) in [5.74, 6) is 0.661. The summed E-state index contributed by atoms with van der Waals surface area (Å²) < 4.78 is 16.3. The van der Waals surface area contributed by atoms with Gasteiger partial charge in [0, 0.05) is 34.9 Å². The number of carbonyl (C=O) groups is 2. The van der Waals surface area contributed by atoms with Crippen LogP contribution in [0.3, 0.4) is 0 Å². The van der Waals surface area contributed by atoms with Crippen molar-refractivity contribution >= 4 is 17.4 Å². The Morgan fingerprint density at radius 3 is 2.35 bits per heavy atom. The summed E-state index contributed by atoms with van der Waals surface area (Å²) >= 11 is 0. The smallest absolute Gasteiger partial charge is 0.254 e. The van der Waals surface area contributed by atoms with Crippen LogP contribution in [-0.4, -0.2) is 38.1 Å². The quantitative estimate of drug-likeness (QED) is 0.368. The maximum Gasteiger partial charge on any atom is 0.254 e. The molecule has 5 rings (SSSR count). The standard InChI is InChI=1S/C32H32N2O6/c1-18-29(32(37)34-23-10-5-6-11-26(23)38-2)30(20-8-7-9-22(35)14-20)31-24(33-18)15-21(16-25(31)36)19-12-13-27(39-3)28(17-19)40-4/h5-14,17,21,30,33,35H,15-16H2,1-4H3,(H,34,37)/t21-,30-/m0/s1. The number of para-hydroxylation sites is 2. The molecule has 206 valence electrons. The predicted octanol–water partition coefficient (Wildman–Crippen LogP) is 5.42. The van der Waals surface area contributed by atoms with Gasteiger partial charge in [0.05, 0.1) is 27.0 Å². The molecule has 1 heterocycles. The van der Waals surface area contributed by atoms with E-state index < -0.39 is 5.92 Å². The minimum atomic E-state index is -0.656. The Balaban J connectivity index is 1.55. The number of hydrogen-bond acceptors (Lipinski definition) is 7. The molecule has 3 aromatic rings. The number of nitrogens with one attached hydrogen (secondary N) is 2. The van der Waals surface area contributed by atoms with Crippen LogP contribution in [0, 0.1) is 0 Å². The van der Waals surface area contributed by atoms with E-state index in [0.29, 0.717) is 51.8 Å².